The van der Waals surface area contributed by atoms with Gasteiger partial charge in [0.1, 0.15) is 0 Å². The highest BCUT2D eigenvalue weighted by molar-refractivity contribution is 9.10. The van der Waals surface area contributed by atoms with Gasteiger partial charge < -0.3 is 5.73 Å². The molecule has 2 N–H and O–H groups in total. The number of nitrogens with two attached hydrogens (primary N) is 1. The van der Waals surface area contributed by atoms with Gasteiger partial charge in [-0.25, -0.2) is 4.68 Å². The van der Waals surface area contributed by atoms with Crippen molar-refractivity contribution in [2.24, 2.45) is 0 Å². The van der Waals surface area contributed by atoms with E-state index in [0.29, 0.717) is 11.3 Å². The van der Waals surface area contributed by atoms with Gasteiger partial charge in [0.2, 0.25) is 5.95 Å². The maximum atomic E-state index is 5.47. The standard InChI is InChI=1S/C8H7Br2N5/c9-6-1-5(2-12-3-6)4-15-7(10)13-8(11)14-15/h1-3H,4H2,(H2,11,14). The minimum absolute atomic E-state index is 0.254. The molecule has 0 aliphatic heterocycles. The van der Waals surface area contributed by atoms with E-state index in [0.717, 1.165) is 10.0 Å². The van der Waals surface area contributed by atoms with E-state index < -0.39 is 0 Å². The van der Waals surface area contributed by atoms with E-state index in [9.17, 15) is 0 Å². The monoisotopic (exact) mass is 331 g/mol. The van der Waals surface area contributed by atoms with Gasteiger partial charge in [-0.15, -0.1) is 5.10 Å². The molecule has 2 aromatic heterocycles. The topological polar surface area (TPSA) is 69.6 Å². The molecule has 7 heteroatoms. The second-order valence-corrected chi connectivity index (χ2v) is 4.53. The molecule has 0 aliphatic rings. The summed E-state index contributed by atoms with van der Waals surface area (Å²) in [5.74, 6) is 0.254. The molecule has 0 fully saturated rings. The highest BCUT2D eigenvalue weighted by atomic mass is 79.9. The van der Waals surface area contributed by atoms with Crippen molar-refractivity contribution in [3.05, 3.63) is 33.2 Å². The lowest BCUT2D eigenvalue weighted by atomic mass is 10.3. The molecule has 0 amide bonds. The third-order valence-electron chi connectivity index (χ3n) is 1.74. The molecule has 0 atom stereocenters. The minimum atomic E-state index is 0.254. The maximum Gasteiger partial charge on any atom is 0.240 e. The van der Waals surface area contributed by atoms with E-state index in [4.69, 9.17) is 5.73 Å². The molecular weight excluding hydrogens is 326 g/mol. The number of pyridine rings is 1. The van der Waals surface area contributed by atoms with Crippen LogP contribution in [0.1, 0.15) is 5.56 Å². The van der Waals surface area contributed by atoms with Crippen LogP contribution in [0.25, 0.3) is 0 Å². The van der Waals surface area contributed by atoms with Gasteiger partial charge >= 0.3 is 0 Å². The van der Waals surface area contributed by atoms with Crippen molar-refractivity contribution in [3.8, 4) is 0 Å². The van der Waals surface area contributed by atoms with Crippen LogP contribution in [-0.4, -0.2) is 19.7 Å². The van der Waals surface area contributed by atoms with E-state index in [1.165, 1.54) is 0 Å². The predicted molar refractivity (Wildman–Crippen MR) is 63.2 cm³/mol. The lowest BCUT2D eigenvalue weighted by Crippen LogP contribution is -2.03. The molecule has 78 valence electrons. The Hall–Kier alpha value is -0.950. The Morgan fingerprint density at radius 1 is 1.33 bits per heavy atom. The van der Waals surface area contributed by atoms with E-state index in [-0.39, 0.29) is 5.95 Å². The smallest absolute Gasteiger partial charge is 0.240 e. The number of anilines is 1. The van der Waals surface area contributed by atoms with Crippen molar-refractivity contribution < 1.29 is 0 Å². The van der Waals surface area contributed by atoms with Crippen LogP contribution < -0.4 is 5.73 Å². The van der Waals surface area contributed by atoms with Gasteiger partial charge in [0.05, 0.1) is 6.54 Å². The minimum Gasteiger partial charge on any atom is -0.366 e. The molecule has 0 aromatic carbocycles. The third-order valence-corrected chi connectivity index (χ3v) is 2.76. The molecule has 0 unspecified atom stereocenters. The number of halogens is 2. The Labute approximate surface area is 103 Å². The molecule has 2 rings (SSSR count). The first kappa shape index (κ1) is 10.6. The zero-order chi connectivity index (χ0) is 10.8. The number of hydrogen-bond acceptors (Lipinski definition) is 4. The first-order valence-corrected chi connectivity index (χ1v) is 5.69. The highest BCUT2D eigenvalue weighted by Gasteiger charge is 2.05. The van der Waals surface area contributed by atoms with E-state index in [1.54, 1.807) is 17.1 Å². The third kappa shape index (κ3) is 2.54. The fourth-order valence-electron chi connectivity index (χ4n) is 1.16. The summed E-state index contributed by atoms with van der Waals surface area (Å²) in [5.41, 5.74) is 6.49. The van der Waals surface area contributed by atoms with Crippen LogP contribution in [0.15, 0.2) is 27.7 Å². The molecule has 0 bridgehead atoms. The Morgan fingerprint density at radius 2 is 2.13 bits per heavy atom. The van der Waals surface area contributed by atoms with Gasteiger partial charge in [0.25, 0.3) is 0 Å². The fourth-order valence-corrected chi connectivity index (χ4v) is 1.95. The van der Waals surface area contributed by atoms with E-state index in [1.807, 2.05) is 6.07 Å². The number of nitrogen functional groups attached to an aromatic ring is 1. The Bertz CT molecular complexity index is 482. The van der Waals surface area contributed by atoms with Crippen LogP contribution in [-0.2, 0) is 6.54 Å². The molecular formula is C8H7Br2N5. The average molecular weight is 333 g/mol. The molecule has 15 heavy (non-hydrogen) atoms. The quantitative estimate of drug-likeness (QED) is 0.910. The molecule has 0 aliphatic carbocycles. The predicted octanol–water partition coefficient (Wildman–Crippen LogP) is 1.83. The van der Waals surface area contributed by atoms with Gasteiger partial charge in [-0.1, -0.05) is 0 Å². The Kier molecular flexibility index (Phi) is 3.01. The largest absolute Gasteiger partial charge is 0.366 e. The summed E-state index contributed by atoms with van der Waals surface area (Å²) in [6, 6.07) is 1.97. The summed E-state index contributed by atoms with van der Waals surface area (Å²) < 4.78 is 3.21. The van der Waals surface area contributed by atoms with Crippen LogP contribution in [0.5, 0.6) is 0 Å². The van der Waals surface area contributed by atoms with Gasteiger partial charge in [0.15, 0.2) is 4.73 Å². The first-order valence-electron chi connectivity index (χ1n) is 4.10. The molecule has 0 saturated heterocycles. The van der Waals surface area contributed by atoms with Crippen molar-refractivity contribution in [3.63, 3.8) is 0 Å². The van der Waals surface area contributed by atoms with Crippen molar-refractivity contribution in [2.75, 3.05) is 5.73 Å². The molecule has 0 radical (unpaired) electrons. The second kappa shape index (κ2) is 4.28. The summed E-state index contributed by atoms with van der Waals surface area (Å²) in [7, 11) is 0. The lowest BCUT2D eigenvalue weighted by Gasteiger charge is -2.01. The van der Waals surface area contributed by atoms with E-state index in [2.05, 4.69) is 46.9 Å². The van der Waals surface area contributed by atoms with Crippen LogP contribution in [0.2, 0.25) is 0 Å². The number of aromatic nitrogens is 4. The summed E-state index contributed by atoms with van der Waals surface area (Å²) in [4.78, 5) is 8.01. The van der Waals surface area contributed by atoms with Crippen LogP contribution >= 0.6 is 31.9 Å². The van der Waals surface area contributed by atoms with E-state index >= 15 is 0 Å². The summed E-state index contributed by atoms with van der Waals surface area (Å²) in [5, 5.41) is 4.03. The number of nitrogens with zero attached hydrogens (tertiary/aromatic N) is 4. The number of hydrogen-bond donors (Lipinski definition) is 1. The van der Waals surface area contributed by atoms with Gasteiger partial charge in [-0.05, 0) is 43.5 Å². The SMILES string of the molecule is Nc1nc(Br)n(Cc2cncc(Br)c2)n1. The van der Waals surface area contributed by atoms with Gasteiger partial charge in [-0.2, -0.15) is 4.98 Å². The normalized spacial score (nSPS) is 10.5. The molecule has 0 saturated carbocycles. The maximum absolute atomic E-state index is 5.47. The highest BCUT2D eigenvalue weighted by Crippen LogP contribution is 2.13. The van der Waals surface area contributed by atoms with Gasteiger partial charge in [0, 0.05) is 16.9 Å². The molecule has 2 aromatic rings. The first-order chi connectivity index (χ1) is 7.15. The second-order valence-electron chi connectivity index (χ2n) is 2.91. The zero-order valence-corrected chi connectivity index (χ0v) is 10.7. The van der Waals surface area contributed by atoms with Crippen molar-refractivity contribution in [1.29, 1.82) is 0 Å². The number of rotatable bonds is 2. The van der Waals surface area contributed by atoms with Crippen molar-refractivity contribution >= 4 is 37.8 Å². The summed E-state index contributed by atoms with van der Waals surface area (Å²) >= 11 is 6.63. The fraction of sp³-hybridized carbons (Fsp3) is 0.125. The summed E-state index contributed by atoms with van der Waals surface area (Å²) in [6.07, 6.45) is 3.50. The van der Waals surface area contributed by atoms with Crippen LogP contribution in [0, 0.1) is 0 Å². The van der Waals surface area contributed by atoms with Crippen LogP contribution in [0.4, 0.5) is 5.95 Å². The summed E-state index contributed by atoms with van der Waals surface area (Å²) in [6.45, 7) is 0.581. The molecule has 2 heterocycles. The Balaban J connectivity index is 2.25. The van der Waals surface area contributed by atoms with Gasteiger partial charge in [-0.3, -0.25) is 4.98 Å². The Morgan fingerprint density at radius 3 is 2.73 bits per heavy atom. The molecule has 5 nitrogen and oxygen atoms in total. The van der Waals surface area contributed by atoms with Crippen molar-refractivity contribution in [1.82, 2.24) is 19.7 Å². The van der Waals surface area contributed by atoms with Crippen molar-refractivity contribution in [2.45, 2.75) is 6.54 Å². The zero-order valence-electron chi connectivity index (χ0n) is 7.56. The molecule has 0 spiro atoms. The lowest BCUT2D eigenvalue weighted by molar-refractivity contribution is 0.668. The average Bonchev–Trinajstić information content (AvgIpc) is 2.45. The van der Waals surface area contributed by atoms with Crippen LogP contribution in [0.3, 0.4) is 0 Å².